The molecule has 0 bridgehead atoms. The lowest BCUT2D eigenvalue weighted by Crippen LogP contribution is -2.26. The number of rotatable bonds is 1. The van der Waals surface area contributed by atoms with Crippen molar-refractivity contribution in [3.8, 4) is 0 Å². The second kappa shape index (κ2) is 3.16. The molecule has 0 heterocycles. The topological polar surface area (TPSA) is 0 Å². The maximum atomic E-state index is 2.81. The summed E-state index contributed by atoms with van der Waals surface area (Å²) in [5.41, 5.74) is 4.00. The summed E-state index contributed by atoms with van der Waals surface area (Å²) in [5, 5.41) is 0. The summed E-state index contributed by atoms with van der Waals surface area (Å²) in [5.74, 6) is 0. The molecule has 0 saturated heterocycles. The van der Waals surface area contributed by atoms with Crippen LogP contribution in [0.4, 0.5) is 5.69 Å². The molecular weight excluding hydrogens is 165 g/mol. The Morgan fingerprint density at radius 1 is 1.00 bits per heavy atom. The fourth-order valence-electron chi connectivity index (χ4n) is 1.28. The van der Waals surface area contributed by atoms with Crippen molar-refractivity contribution < 1.29 is 0 Å². The van der Waals surface area contributed by atoms with Crippen molar-refractivity contribution >= 4 is 15.1 Å². The molecule has 66 valence electrons. The Hall–Kier alpha value is -0.390. The minimum Gasteiger partial charge on any atom is -0.287 e. The number of benzene rings is 1. The normalized spacial score (nSPS) is 11.8. The molecule has 0 aliphatic rings. The van der Waals surface area contributed by atoms with E-state index in [1.807, 2.05) is 0 Å². The van der Waals surface area contributed by atoms with Gasteiger partial charge in [-0.05, 0) is 25.0 Å². The molecule has 0 aliphatic heterocycles. The van der Waals surface area contributed by atoms with Crippen LogP contribution in [0.15, 0.2) is 18.2 Å². The maximum Gasteiger partial charge on any atom is 0.133 e. The molecular formula is C10H17NP+. The van der Waals surface area contributed by atoms with Crippen LogP contribution >= 0.6 is 9.39 Å². The van der Waals surface area contributed by atoms with Crippen LogP contribution in [0.3, 0.4) is 0 Å². The molecule has 1 rings (SSSR count). The fourth-order valence-corrected chi connectivity index (χ4v) is 1.43. The second-order valence-electron chi connectivity index (χ2n) is 3.89. The van der Waals surface area contributed by atoms with E-state index in [2.05, 4.69) is 55.5 Å². The molecule has 1 nitrogen and oxygen atoms in total. The summed E-state index contributed by atoms with van der Waals surface area (Å²) < 4.78 is 0.808. The maximum absolute atomic E-state index is 2.81. The van der Waals surface area contributed by atoms with Gasteiger partial charge in [0.05, 0.1) is 23.5 Å². The van der Waals surface area contributed by atoms with Crippen molar-refractivity contribution in [2.45, 2.75) is 13.8 Å². The zero-order valence-corrected chi connectivity index (χ0v) is 9.41. The van der Waals surface area contributed by atoms with Gasteiger partial charge in [-0.15, -0.1) is 0 Å². The third kappa shape index (κ3) is 2.30. The molecule has 2 heteroatoms. The zero-order chi connectivity index (χ0) is 9.35. The fraction of sp³-hybridized carbons (Fsp3) is 0.400. The lowest BCUT2D eigenvalue weighted by atomic mass is 10.1. The van der Waals surface area contributed by atoms with Crippen LogP contribution < -0.4 is 4.25 Å². The molecule has 1 unspecified atom stereocenters. The Balaban J connectivity index is 3.18. The van der Waals surface area contributed by atoms with Gasteiger partial charge in [0.15, 0.2) is 0 Å². The predicted octanol–water partition coefficient (Wildman–Crippen LogP) is 2.66. The van der Waals surface area contributed by atoms with Crippen molar-refractivity contribution in [2.24, 2.45) is 0 Å². The summed E-state index contributed by atoms with van der Waals surface area (Å²) >= 11 is 0. The van der Waals surface area contributed by atoms with Gasteiger partial charge in [-0.1, -0.05) is 6.07 Å². The summed E-state index contributed by atoms with van der Waals surface area (Å²) in [4.78, 5) is 0. The lowest BCUT2D eigenvalue weighted by Gasteiger charge is -2.23. The first-order chi connectivity index (χ1) is 5.39. The summed E-state index contributed by atoms with van der Waals surface area (Å²) in [6, 6.07) is 6.64. The smallest absolute Gasteiger partial charge is 0.133 e. The summed E-state index contributed by atoms with van der Waals surface area (Å²) in [6.07, 6.45) is 0. The van der Waals surface area contributed by atoms with E-state index in [0.717, 1.165) is 4.25 Å². The molecule has 1 atom stereocenters. The first kappa shape index (κ1) is 9.70. The number of aryl methyl sites for hydroxylation is 2. The number of nitrogens with zero attached hydrogens (tertiary/aromatic N) is 1. The highest BCUT2D eigenvalue weighted by atomic mass is 31.0. The van der Waals surface area contributed by atoms with E-state index >= 15 is 0 Å². The minimum atomic E-state index is 0.808. The lowest BCUT2D eigenvalue weighted by molar-refractivity contribution is 0.664. The first-order valence-electron chi connectivity index (χ1n) is 4.11. The largest absolute Gasteiger partial charge is 0.287 e. The molecule has 0 spiro atoms. The number of hydrogen-bond donors (Lipinski definition) is 0. The number of quaternary nitrogens is 1. The Morgan fingerprint density at radius 2 is 1.42 bits per heavy atom. The van der Waals surface area contributed by atoms with Gasteiger partial charge in [0.1, 0.15) is 5.69 Å². The van der Waals surface area contributed by atoms with E-state index in [4.69, 9.17) is 0 Å². The molecule has 12 heavy (non-hydrogen) atoms. The molecule has 0 fully saturated rings. The third-order valence-electron chi connectivity index (χ3n) is 1.87. The van der Waals surface area contributed by atoms with E-state index in [0.29, 0.717) is 0 Å². The average molecular weight is 182 g/mol. The highest BCUT2D eigenvalue weighted by molar-refractivity contribution is 7.16. The average Bonchev–Trinajstić information content (AvgIpc) is 1.82. The quantitative estimate of drug-likeness (QED) is 0.586. The van der Waals surface area contributed by atoms with E-state index < -0.39 is 0 Å². The SMILES string of the molecule is Cc1cc(C)cc([N+](C)(C)P)c1. The van der Waals surface area contributed by atoms with E-state index in [1.165, 1.54) is 16.8 Å². The van der Waals surface area contributed by atoms with Gasteiger partial charge in [-0.25, -0.2) is 0 Å². The van der Waals surface area contributed by atoms with Crippen LogP contribution in [0, 0.1) is 13.8 Å². The molecule has 0 amide bonds. The van der Waals surface area contributed by atoms with Crippen LogP contribution in [0.25, 0.3) is 0 Å². The van der Waals surface area contributed by atoms with Crippen molar-refractivity contribution in [3.63, 3.8) is 0 Å². The Bertz CT molecular complexity index is 266. The molecule has 0 saturated carbocycles. The Kier molecular flexibility index (Phi) is 2.55. The molecule has 0 N–H and O–H groups in total. The Labute approximate surface area is 77.2 Å². The van der Waals surface area contributed by atoms with Gasteiger partial charge < -0.3 is 0 Å². The van der Waals surface area contributed by atoms with Crippen LogP contribution in [-0.2, 0) is 0 Å². The first-order valence-corrected chi connectivity index (χ1v) is 4.62. The van der Waals surface area contributed by atoms with Crippen molar-refractivity contribution in [2.75, 3.05) is 14.1 Å². The third-order valence-corrected chi connectivity index (χ3v) is 2.17. The van der Waals surface area contributed by atoms with E-state index in [9.17, 15) is 0 Å². The van der Waals surface area contributed by atoms with Gasteiger partial charge in [-0.3, -0.25) is 4.25 Å². The molecule has 0 aliphatic carbocycles. The van der Waals surface area contributed by atoms with Gasteiger partial charge in [0.25, 0.3) is 0 Å². The van der Waals surface area contributed by atoms with Crippen LogP contribution in [-0.4, -0.2) is 14.1 Å². The van der Waals surface area contributed by atoms with Gasteiger partial charge >= 0.3 is 0 Å². The molecule has 1 aromatic carbocycles. The summed E-state index contributed by atoms with van der Waals surface area (Å²) in [6.45, 7) is 4.27. The van der Waals surface area contributed by atoms with Crippen LogP contribution in [0.5, 0.6) is 0 Å². The monoisotopic (exact) mass is 182 g/mol. The van der Waals surface area contributed by atoms with Crippen LogP contribution in [0.1, 0.15) is 11.1 Å². The van der Waals surface area contributed by atoms with Crippen LogP contribution in [0.2, 0.25) is 0 Å². The van der Waals surface area contributed by atoms with Gasteiger partial charge in [0, 0.05) is 12.1 Å². The Morgan fingerprint density at radius 3 is 1.75 bits per heavy atom. The molecule has 0 radical (unpaired) electrons. The van der Waals surface area contributed by atoms with Gasteiger partial charge in [0.2, 0.25) is 0 Å². The highest BCUT2D eigenvalue weighted by Gasteiger charge is 2.12. The molecule has 0 aromatic heterocycles. The van der Waals surface area contributed by atoms with Gasteiger partial charge in [-0.2, -0.15) is 0 Å². The zero-order valence-electron chi connectivity index (χ0n) is 8.26. The molecule has 1 aromatic rings. The minimum absolute atomic E-state index is 0.808. The van der Waals surface area contributed by atoms with E-state index in [-0.39, 0.29) is 0 Å². The van der Waals surface area contributed by atoms with Crippen molar-refractivity contribution in [3.05, 3.63) is 29.3 Å². The highest BCUT2D eigenvalue weighted by Crippen LogP contribution is 2.25. The standard InChI is InChI=1S/C10H17NP/c1-8-5-9(2)7-10(6-8)11(3,4)12/h5-7H,12H2,1-4H3/q+1. The number of hydrogen-bond acceptors (Lipinski definition) is 0. The van der Waals surface area contributed by atoms with Crippen molar-refractivity contribution in [1.29, 1.82) is 0 Å². The van der Waals surface area contributed by atoms with E-state index in [1.54, 1.807) is 0 Å². The van der Waals surface area contributed by atoms with Crippen molar-refractivity contribution in [1.82, 2.24) is 4.25 Å². The predicted molar refractivity (Wildman–Crippen MR) is 59.3 cm³/mol. The summed E-state index contributed by atoms with van der Waals surface area (Å²) in [7, 11) is 7.12. The second-order valence-corrected chi connectivity index (χ2v) is 5.18.